The highest BCUT2D eigenvalue weighted by molar-refractivity contribution is 6.38. The van der Waals surface area contributed by atoms with E-state index in [-0.39, 0.29) is 32.1 Å². The molecule has 0 atom stereocenters. The predicted molar refractivity (Wildman–Crippen MR) is 141 cm³/mol. The maximum atomic E-state index is 13.0. The normalized spacial score (nSPS) is 11.6. The third-order valence-electron chi connectivity index (χ3n) is 4.67. The molecular weight excluding hydrogens is 615 g/mol. The number of alkyl halides is 3. The van der Waals surface area contributed by atoms with Crippen molar-refractivity contribution in [2.45, 2.75) is 12.8 Å². The topological polar surface area (TPSA) is 92.7 Å². The van der Waals surface area contributed by atoms with Gasteiger partial charge in [0.2, 0.25) is 11.8 Å². The maximum Gasteiger partial charge on any atom is 0.417 e. The summed E-state index contributed by atoms with van der Waals surface area (Å²) in [5.74, 6) is -3.28. The number of pyridine rings is 1. The summed E-state index contributed by atoms with van der Waals surface area (Å²) in [5.41, 5.74) is -0.759. The monoisotopic (exact) mass is 626 g/mol. The van der Waals surface area contributed by atoms with Crippen LogP contribution in [-0.2, 0) is 27.2 Å². The smallest absolute Gasteiger partial charge is 0.389 e. The number of halogens is 8. The van der Waals surface area contributed by atoms with E-state index < -0.39 is 36.1 Å². The fourth-order valence-corrected chi connectivity index (χ4v) is 3.92. The van der Waals surface area contributed by atoms with Gasteiger partial charge >= 0.3 is 6.18 Å². The van der Waals surface area contributed by atoms with Crippen LogP contribution < -0.4 is 10.6 Å². The molecule has 3 aromatic rings. The molecule has 0 aliphatic rings. The summed E-state index contributed by atoms with van der Waals surface area (Å²) in [6, 6.07) is 9.28. The Hall–Kier alpha value is -2.76. The summed E-state index contributed by atoms with van der Waals surface area (Å²) in [7, 11) is 0. The van der Waals surface area contributed by atoms with E-state index in [1.807, 2.05) is 0 Å². The average Bonchev–Trinajstić information content (AvgIpc) is 2.82. The number of carbonyl (C=O) groups excluding carboxylic acids is 2. The lowest BCUT2D eigenvalue weighted by Gasteiger charge is -2.15. The van der Waals surface area contributed by atoms with Crippen LogP contribution in [-0.4, -0.2) is 23.0 Å². The Bertz CT molecular complexity index is 1320. The molecule has 1 aromatic heterocycles. The van der Waals surface area contributed by atoms with Crippen LogP contribution in [0.2, 0.25) is 25.1 Å². The first-order valence-electron chi connectivity index (χ1n) is 10.2. The van der Waals surface area contributed by atoms with Crippen molar-refractivity contribution >= 4 is 87.4 Å². The molecule has 0 fully saturated rings. The Kier molecular flexibility index (Phi) is 10.1. The third kappa shape index (κ3) is 8.12. The zero-order valence-electron chi connectivity index (χ0n) is 18.6. The van der Waals surface area contributed by atoms with E-state index in [4.69, 9.17) is 62.8 Å². The Morgan fingerprint density at radius 3 is 1.87 bits per heavy atom. The second-order valence-electron chi connectivity index (χ2n) is 7.38. The molecule has 7 nitrogen and oxygen atoms in total. The number of amides is 2. The number of carbonyl (C=O) groups is 2. The highest BCUT2D eigenvalue weighted by atomic mass is 35.5. The molecule has 2 aromatic carbocycles. The average molecular weight is 629 g/mol. The van der Waals surface area contributed by atoms with Crippen LogP contribution in [0.15, 0.2) is 53.8 Å². The fourth-order valence-electron chi connectivity index (χ4n) is 2.79. The van der Waals surface area contributed by atoms with Crippen LogP contribution in [0.4, 0.5) is 24.5 Å². The van der Waals surface area contributed by atoms with Crippen molar-refractivity contribution in [2.24, 2.45) is 11.1 Å². The molecule has 3 rings (SSSR count). The van der Waals surface area contributed by atoms with Crippen molar-refractivity contribution in [3.8, 4) is 0 Å². The van der Waals surface area contributed by atoms with E-state index in [0.717, 1.165) is 6.21 Å². The number of nitrogens with zero attached hydrogens (tertiary/aromatic N) is 2. The number of rotatable bonds is 8. The second-order valence-corrected chi connectivity index (χ2v) is 9.48. The van der Waals surface area contributed by atoms with Crippen molar-refractivity contribution in [3.05, 3.63) is 85.0 Å². The quantitative estimate of drug-likeness (QED) is 0.152. The summed E-state index contributed by atoms with van der Waals surface area (Å²) >= 11 is 29.8. The van der Waals surface area contributed by atoms with Gasteiger partial charge in [-0.25, -0.2) is 0 Å². The summed E-state index contributed by atoms with van der Waals surface area (Å²) < 4.78 is 38.4. The molecule has 15 heteroatoms. The maximum absolute atomic E-state index is 13.0. The lowest BCUT2D eigenvalue weighted by molar-refractivity contribution is -0.138. The first-order chi connectivity index (χ1) is 17.8. The zero-order chi connectivity index (χ0) is 28.0. The molecule has 0 spiro atoms. The SMILES string of the molecule is O=C(Nc1ccc(Cl)cc1Cl)C(C=NOCc1ncc(C(F)(F)F)cc1Cl)C(=O)Nc1ccc(Cl)cc1Cl. The molecule has 2 N–H and O–H groups in total. The molecule has 1 heterocycles. The van der Waals surface area contributed by atoms with Crippen molar-refractivity contribution in [3.63, 3.8) is 0 Å². The number of oxime groups is 1. The van der Waals surface area contributed by atoms with E-state index in [0.29, 0.717) is 22.3 Å². The number of benzene rings is 2. The van der Waals surface area contributed by atoms with Gasteiger partial charge in [-0.2, -0.15) is 13.2 Å². The second kappa shape index (κ2) is 12.9. The number of aromatic nitrogens is 1. The van der Waals surface area contributed by atoms with E-state index >= 15 is 0 Å². The van der Waals surface area contributed by atoms with Crippen molar-refractivity contribution in [2.75, 3.05) is 10.6 Å². The number of anilines is 2. The number of hydrogen-bond acceptors (Lipinski definition) is 5. The number of hydrogen-bond donors (Lipinski definition) is 2. The zero-order valence-corrected chi connectivity index (χ0v) is 22.4. The Balaban J connectivity index is 1.78. The van der Waals surface area contributed by atoms with Crippen molar-refractivity contribution in [1.82, 2.24) is 4.98 Å². The van der Waals surface area contributed by atoms with Gasteiger partial charge in [0.15, 0.2) is 12.5 Å². The van der Waals surface area contributed by atoms with E-state index in [1.54, 1.807) is 0 Å². The molecule has 38 heavy (non-hydrogen) atoms. The largest absolute Gasteiger partial charge is 0.417 e. The summed E-state index contributed by atoms with van der Waals surface area (Å²) in [4.78, 5) is 34.6. The van der Waals surface area contributed by atoms with E-state index in [1.165, 1.54) is 36.4 Å². The van der Waals surface area contributed by atoms with Crippen molar-refractivity contribution < 1.29 is 27.6 Å². The highest BCUT2D eigenvalue weighted by Gasteiger charge is 2.31. The molecule has 0 aliphatic heterocycles. The Labute approximate surface area is 238 Å². The molecule has 2 amide bonds. The van der Waals surface area contributed by atoms with Crippen LogP contribution in [0.1, 0.15) is 11.3 Å². The van der Waals surface area contributed by atoms with Crippen LogP contribution in [0, 0.1) is 5.92 Å². The van der Waals surface area contributed by atoms with Gasteiger partial charge in [0.1, 0.15) is 0 Å². The molecule has 200 valence electrons. The van der Waals surface area contributed by atoms with Gasteiger partial charge in [-0.3, -0.25) is 14.6 Å². The minimum absolute atomic E-state index is 0.0526. The minimum atomic E-state index is -4.62. The van der Waals surface area contributed by atoms with Crippen molar-refractivity contribution in [1.29, 1.82) is 0 Å². The first kappa shape index (κ1) is 29.8. The molecule has 0 unspecified atom stereocenters. The Morgan fingerprint density at radius 2 is 1.42 bits per heavy atom. The Morgan fingerprint density at radius 1 is 0.895 bits per heavy atom. The molecule has 0 aliphatic carbocycles. The minimum Gasteiger partial charge on any atom is -0.389 e. The molecular formula is C23H14Cl5F3N4O3. The lowest BCUT2D eigenvalue weighted by atomic mass is 10.1. The van der Waals surface area contributed by atoms with Crippen LogP contribution in [0.5, 0.6) is 0 Å². The first-order valence-corrected chi connectivity index (χ1v) is 12.1. The molecule has 0 saturated carbocycles. The van der Waals surface area contributed by atoms with Crippen LogP contribution in [0.25, 0.3) is 0 Å². The van der Waals surface area contributed by atoms with E-state index in [9.17, 15) is 22.8 Å². The summed E-state index contributed by atoms with van der Waals surface area (Å²) in [6.07, 6.45) is -3.16. The highest BCUT2D eigenvalue weighted by Crippen LogP contribution is 2.31. The van der Waals surface area contributed by atoms with E-state index in [2.05, 4.69) is 20.8 Å². The molecule has 0 radical (unpaired) electrons. The van der Waals surface area contributed by atoms with Gasteiger partial charge in [-0.15, -0.1) is 0 Å². The summed E-state index contributed by atoms with van der Waals surface area (Å²) in [6.45, 7) is -0.449. The third-order valence-corrected chi connectivity index (χ3v) is 6.10. The fraction of sp³-hybridized carbons (Fsp3) is 0.130. The lowest BCUT2D eigenvalue weighted by Crippen LogP contribution is -2.35. The van der Waals surface area contributed by atoms with Crippen LogP contribution in [0.3, 0.4) is 0 Å². The molecule has 0 saturated heterocycles. The van der Waals surface area contributed by atoms with Gasteiger partial charge in [-0.1, -0.05) is 63.2 Å². The van der Waals surface area contributed by atoms with Gasteiger partial charge < -0.3 is 15.5 Å². The van der Waals surface area contributed by atoms with Gasteiger partial charge in [0, 0.05) is 16.2 Å². The molecule has 0 bridgehead atoms. The number of nitrogens with one attached hydrogen (secondary N) is 2. The summed E-state index contributed by atoms with van der Waals surface area (Å²) in [5, 5.41) is 9.14. The van der Waals surface area contributed by atoms with Gasteiger partial charge in [-0.05, 0) is 42.5 Å². The standard InChI is InChI=1S/C23H14Cl5F3N4O3/c24-12-1-3-18(16(27)6-12)34-21(36)14(22(37)35-19-4-2-13(25)7-17(19)28)9-33-38-10-20-15(26)5-11(8-32-20)23(29,30)31/h1-9,14H,10H2,(H,34,36)(H,35,37). The van der Waals surface area contributed by atoms with Crippen LogP contribution >= 0.6 is 58.0 Å². The predicted octanol–water partition coefficient (Wildman–Crippen LogP) is 7.76. The van der Waals surface area contributed by atoms with Gasteiger partial charge in [0.25, 0.3) is 0 Å². The van der Waals surface area contributed by atoms with Gasteiger partial charge in [0.05, 0.1) is 43.9 Å².